The molecule has 0 amide bonds. The SMILES string of the molecule is CCc1nc2n(n1)CCC[C@@H]2Nc1nc(C2CC2)ns1. The summed E-state index contributed by atoms with van der Waals surface area (Å²) in [4.78, 5) is 9.25. The van der Waals surface area contributed by atoms with Crippen LogP contribution in [0.4, 0.5) is 5.13 Å². The van der Waals surface area contributed by atoms with E-state index in [2.05, 4.69) is 31.7 Å². The van der Waals surface area contributed by atoms with E-state index in [1.54, 1.807) is 0 Å². The Labute approximate surface area is 121 Å². The second kappa shape index (κ2) is 4.80. The molecule has 0 unspecified atom stereocenters. The first-order valence-electron chi connectivity index (χ1n) is 7.37. The van der Waals surface area contributed by atoms with E-state index in [4.69, 9.17) is 0 Å². The normalized spacial score (nSPS) is 21.8. The van der Waals surface area contributed by atoms with Gasteiger partial charge < -0.3 is 5.32 Å². The maximum atomic E-state index is 4.65. The van der Waals surface area contributed by atoms with Crippen molar-refractivity contribution in [3.63, 3.8) is 0 Å². The summed E-state index contributed by atoms with van der Waals surface area (Å²) in [7, 11) is 0. The number of hydrogen-bond acceptors (Lipinski definition) is 6. The Bertz CT molecular complexity index is 614. The molecule has 0 saturated heterocycles. The Kier molecular flexibility index (Phi) is 2.94. The van der Waals surface area contributed by atoms with Gasteiger partial charge in [0.1, 0.15) is 11.6 Å². The summed E-state index contributed by atoms with van der Waals surface area (Å²) in [6.45, 7) is 3.07. The Morgan fingerprint density at radius 1 is 1.30 bits per heavy atom. The molecule has 106 valence electrons. The number of anilines is 1. The lowest BCUT2D eigenvalue weighted by molar-refractivity contribution is 0.437. The van der Waals surface area contributed by atoms with Crippen molar-refractivity contribution in [2.75, 3.05) is 5.32 Å². The summed E-state index contributed by atoms with van der Waals surface area (Å²) in [5.74, 6) is 3.62. The molecule has 0 spiro atoms. The molecular formula is C13H18N6S. The first-order valence-corrected chi connectivity index (χ1v) is 8.14. The minimum absolute atomic E-state index is 0.219. The molecule has 1 saturated carbocycles. The van der Waals surface area contributed by atoms with E-state index < -0.39 is 0 Å². The van der Waals surface area contributed by atoms with Gasteiger partial charge in [0, 0.05) is 30.4 Å². The molecule has 7 heteroatoms. The average molecular weight is 290 g/mol. The van der Waals surface area contributed by atoms with Crippen molar-refractivity contribution in [3.05, 3.63) is 17.5 Å². The number of hydrogen-bond donors (Lipinski definition) is 1. The van der Waals surface area contributed by atoms with Gasteiger partial charge in [-0.25, -0.2) is 14.6 Å². The number of aromatic nitrogens is 5. The zero-order valence-electron chi connectivity index (χ0n) is 11.5. The van der Waals surface area contributed by atoms with Gasteiger partial charge in [-0.15, -0.1) is 0 Å². The van der Waals surface area contributed by atoms with Gasteiger partial charge >= 0.3 is 0 Å². The van der Waals surface area contributed by atoms with E-state index in [1.165, 1.54) is 24.4 Å². The predicted octanol–water partition coefficient (Wildman–Crippen LogP) is 2.52. The van der Waals surface area contributed by atoms with E-state index in [0.29, 0.717) is 5.92 Å². The summed E-state index contributed by atoms with van der Waals surface area (Å²) < 4.78 is 6.49. The van der Waals surface area contributed by atoms with Crippen LogP contribution in [0.25, 0.3) is 0 Å². The lowest BCUT2D eigenvalue weighted by atomic mass is 10.1. The van der Waals surface area contributed by atoms with Crippen molar-refractivity contribution in [2.45, 2.75) is 57.5 Å². The van der Waals surface area contributed by atoms with Crippen molar-refractivity contribution in [1.29, 1.82) is 0 Å². The molecule has 0 radical (unpaired) electrons. The first kappa shape index (κ1) is 12.3. The standard InChI is InChI=1S/C13H18N6S/c1-2-10-15-12-9(4-3-7-19(12)17-10)14-13-16-11(18-20-13)8-5-6-8/h8-9H,2-7H2,1H3,(H,14,16,18)/t9-/m0/s1. The number of aryl methyl sites for hydroxylation is 2. The molecular weight excluding hydrogens is 272 g/mol. The van der Waals surface area contributed by atoms with Gasteiger partial charge in [-0.05, 0) is 25.7 Å². The molecule has 6 nitrogen and oxygen atoms in total. The molecule has 1 N–H and O–H groups in total. The quantitative estimate of drug-likeness (QED) is 0.937. The molecule has 2 aliphatic rings. The van der Waals surface area contributed by atoms with E-state index >= 15 is 0 Å². The third kappa shape index (κ3) is 2.19. The summed E-state index contributed by atoms with van der Waals surface area (Å²) in [5.41, 5.74) is 0. The van der Waals surface area contributed by atoms with Crippen molar-refractivity contribution >= 4 is 16.7 Å². The van der Waals surface area contributed by atoms with Crippen LogP contribution >= 0.6 is 11.5 Å². The third-order valence-corrected chi connectivity index (χ3v) is 4.58. The molecule has 1 atom stereocenters. The van der Waals surface area contributed by atoms with Crippen molar-refractivity contribution < 1.29 is 0 Å². The van der Waals surface area contributed by atoms with Crippen molar-refractivity contribution in [3.8, 4) is 0 Å². The third-order valence-electron chi connectivity index (χ3n) is 3.92. The monoisotopic (exact) mass is 290 g/mol. The molecule has 2 aromatic rings. The van der Waals surface area contributed by atoms with Gasteiger partial charge in [-0.3, -0.25) is 0 Å². The summed E-state index contributed by atoms with van der Waals surface area (Å²) >= 11 is 1.47. The van der Waals surface area contributed by atoms with Crippen molar-refractivity contribution in [1.82, 2.24) is 24.1 Å². The van der Waals surface area contributed by atoms with Gasteiger partial charge in [0.15, 0.2) is 5.82 Å². The van der Waals surface area contributed by atoms with E-state index in [9.17, 15) is 0 Å². The largest absolute Gasteiger partial charge is 0.350 e. The van der Waals surface area contributed by atoms with Crippen LogP contribution in [0.1, 0.15) is 62.0 Å². The number of nitrogens with one attached hydrogen (secondary N) is 1. The maximum absolute atomic E-state index is 4.65. The molecule has 3 heterocycles. The highest BCUT2D eigenvalue weighted by atomic mass is 32.1. The molecule has 2 aromatic heterocycles. The van der Waals surface area contributed by atoms with Crippen LogP contribution in [-0.4, -0.2) is 24.1 Å². The average Bonchev–Trinajstić information content (AvgIpc) is 3.05. The van der Waals surface area contributed by atoms with E-state index in [0.717, 1.165) is 48.4 Å². The highest BCUT2D eigenvalue weighted by molar-refractivity contribution is 7.09. The lowest BCUT2D eigenvalue weighted by Crippen LogP contribution is -2.22. The Balaban J connectivity index is 1.55. The van der Waals surface area contributed by atoms with E-state index in [-0.39, 0.29) is 6.04 Å². The summed E-state index contributed by atoms with van der Waals surface area (Å²) in [5, 5.41) is 8.96. The molecule has 1 fully saturated rings. The van der Waals surface area contributed by atoms with Crippen LogP contribution in [0.2, 0.25) is 0 Å². The molecule has 1 aliphatic heterocycles. The lowest BCUT2D eigenvalue weighted by Gasteiger charge is -2.22. The zero-order chi connectivity index (χ0) is 13.5. The molecule has 4 rings (SSSR count). The molecule has 1 aliphatic carbocycles. The van der Waals surface area contributed by atoms with Gasteiger partial charge in [0.2, 0.25) is 5.13 Å². The van der Waals surface area contributed by atoms with Gasteiger partial charge in [0.05, 0.1) is 6.04 Å². The maximum Gasteiger partial charge on any atom is 0.203 e. The molecule has 0 bridgehead atoms. The fraction of sp³-hybridized carbons (Fsp3) is 0.692. The van der Waals surface area contributed by atoms with Gasteiger partial charge in [-0.2, -0.15) is 9.47 Å². The minimum Gasteiger partial charge on any atom is -0.350 e. The van der Waals surface area contributed by atoms with E-state index in [1.807, 2.05) is 4.68 Å². The summed E-state index contributed by atoms with van der Waals surface area (Å²) in [6, 6.07) is 0.219. The highest BCUT2D eigenvalue weighted by Crippen LogP contribution is 2.39. The van der Waals surface area contributed by atoms with Crippen LogP contribution < -0.4 is 5.32 Å². The van der Waals surface area contributed by atoms with Crippen LogP contribution in [0.3, 0.4) is 0 Å². The van der Waals surface area contributed by atoms with Gasteiger partial charge in [-0.1, -0.05) is 6.92 Å². The summed E-state index contributed by atoms with van der Waals surface area (Å²) in [6.07, 6.45) is 5.59. The second-order valence-corrected chi connectivity index (χ2v) is 6.29. The first-order chi connectivity index (χ1) is 9.83. The van der Waals surface area contributed by atoms with Crippen molar-refractivity contribution in [2.24, 2.45) is 0 Å². The highest BCUT2D eigenvalue weighted by Gasteiger charge is 2.29. The number of nitrogens with zero attached hydrogens (tertiary/aromatic N) is 5. The molecule has 20 heavy (non-hydrogen) atoms. The predicted molar refractivity (Wildman–Crippen MR) is 76.9 cm³/mol. The van der Waals surface area contributed by atoms with Crippen LogP contribution in [0.15, 0.2) is 0 Å². The molecule has 0 aromatic carbocycles. The fourth-order valence-corrected chi connectivity index (χ4v) is 3.34. The van der Waals surface area contributed by atoms with Crippen LogP contribution in [0.5, 0.6) is 0 Å². The Hall–Kier alpha value is -1.50. The number of fused-ring (bicyclic) bond motifs is 1. The Morgan fingerprint density at radius 3 is 3.00 bits per heavy atom. The minimum atomic E-state index is 0.219. The van der Waals surface area contributed by atoms with Crippen LogP contribution in [0, 0.1) is 0 Å². The van der Waals surface area contributed by atoms with Crippen LogP contribution in [-0.2, 0) is 13.0 Å². The van der Waals surface area contributed by atoms with Gasteiger partial charge in [0.25, 0.3) is 0 Å². The topological polar surface area (TPSA) is 68.5 Å². The Morgan fingerprint density at radius 2 is 2.20 bits per heavy atom. The fourth-order valence-electron chi connectivity index (χ4n) is 2.64. The smallest absolute Gasteiger partial charge is 0.203 e. The zero-order valence-corrected chi connectivity index (χ0v) is 12.4. The second-order valence-electron chi connectivity index (χ2n) is 5.53. The number of rotatable bonds is 4.